The molecule has 7 heteroatoms. The van der Waals surface area contributed by atoms with Crippen LogP contribution >= 0.6 is 0 Å². The molecule has 158 valence electrons. The summed E-state index contributed by atoms with van der Waals surface area (Å²) in [7, 11) is 0. The molecule has 7 nitrogen and oxygen atoms in total. The number of carbonyl (C=O) groups excluding carboxylic acids is 2. The van der Waals surface area contributed by atoms with Crippen molar-refractivity contribution in [3.63, 3.8) is 0 Å². The third-order valence-electron chi connectivity index (χ3n) is 4.98. The van der Waals surface area contributed by atoms with E-state index in [4.69, 9.17) is 23.7 Å². The summed E-state index contributed by atoms with van der Waals surface area (Å²) in [6.07, 6.45) is -2.07. The first-order valence-electron chi connectivity index (χ1n) is 9.92. The first-order valence-corrected chi connectivity index (χ1v) is 9.92. The smallest absolute Gasteiger partial charge is 0.338 e. The quantitative estimate of drug-likeness (QED) is 0.673. The van der Waals surface area contributed by atoms with E-state index >= 15 is 0 Å². The highest BCUT2D eigenvalue weighted by molar-refractivity contribution is 5.89. The Balaban J connectivity index is 1.40. The molecule has 0 N–H and O–H groups in total. The van der Waals surface area contributed by atoms with Gasteiger partial charge in [-0.15, -0.1) is 0 Å². The lowest BCUT2D eigenvalue weighted by molar-refractivity contribution is -0.216. The van der Waals surface area contributed by atoms with Gasteiger partial charge in [-0.2, -0.15) is 0 Å². The lowest BCUT2D eigenvalue weighted by atomic mass is 10.1. The van der Waals surface area contributed by atoms with Crippen LogP contribution in [-0.2, 0) is 23.7 Å². The van der Waals surface area contributed by atoms with Crippen molar-refractivity contribution >= 4 is 11.9 Å². The minimum Gasteiger partial charge on any atom is -0.462 e. The molecule has 4 atom stereocenters. The number of esters is 2. The summed E-state index contributed by atoms with van der Waals surface area (Å²) < 4.78 is 28.7. The van der Waals surface area contributed by atoms with Crippen LogP contribution in [0.2, 0.25) is 0 Å². The van der Waals surface area contributed by atoms with Gasteiger partial charge in [-0.1, -0.05) is 36.4 Å². The van der Waals surface area contributed by atoms with Crippen molar-refractivity contribution in [2.45, 2.75) is 50.7 Å². The van der Waals surface area contributed by atoms with E-state index in [1.54, 1.807) is 62.4 Å². The zero-order valence-electron chi connectivity index (χ0n) is 16.9. The number of carbonyl (C=O) groups is 2. The summed E-state index contributed by atoms with van der Waals surface area (Å²) in [6, 6.07) is 17.5. The van der Waals surface area contributed by atoms with Crippen LogP contribution in [0.1, 0.15) is 41.0 Å². The van der Waals surface area contributed by atoms with Gasteiger partial charge in [0, 0.05) is 6.42 Å². The minimum absolute atomic E-state index is 0.112. The third kappa shape index (κ3) is 4.53. The molecule has 2 heterocycles. The van der Waals surface area contributed by atoms with E-state index in [1.165, 1.54) is 0 Å². The Morgan fingerprint density at radius 2 is 1.50 bits per heavy atom. The van der Waals surface area contributed by atoms with Crippen LogP contribution in [0.25, 0.3) is 0 Å². The maximum absolute atomic E-state index is 12.6. The summed E-state index contributed by atoms with van der Waals surface area (Å²) in [4.78, 5) is 24.7. The summed E-state index contributed by atoms with van der Waals surface area (Å²) in [5.74, 6) is -1.72. The van der Waals surface area contributed by atoms with Crippen LogP contribution in [0.5, 0.6) is 0 Å². The highest BCUT2D eigenvalue weighted by Crippen LogP contribution is 2.39. The van der Waals surface area contributed by atoms with Crippen LogP contribution < -0.4 is 0 Å². The van der Waals surface area contributed by atoms with Gasteiger partial charge in [0.15, 0.2) is 24.3 Å². The zero-order valence-corrected chi connectivity index (χ0v) is 16.9. The highest BCUT2D eigenvalue weighted by atomic mass is 16.8. The zero-order chi connectivity index (χ0) is 21.1. The molecule has 2 aromatic rings. The summed E-state index contributed by atoms with van der Waals surface area (Å²) in [6.45, 7) is 3.67. The molecule has 2 aromatic carbocycles. The Morgan fingerprint density at radius 3 is 2.13 bits per heavy atom. The van der Waals surface area contributed by atoms with E-state index < -0.39 is 42.3 Å². The lowest BCUT2D eigenvalue weighted by Crippen LogP contribution is -2.39. The second kappa shape index (κ2) is 8.55. The average molecular weight is 412 g/mol. The highest BCUT2D eigenvalue weighted by Gasteiger charge is 2.56. The minimum atomic E-state index is -0.836. The Labute approximate surface area is 174 Å². The van der Waals surface area contributed by atoms with Crippen LogP contribution in [0.3, 0.4) is 0 Å². The first-order chi connectivity index (χ1) is 14.4. The number of fused-ring (bicyclic) bond motifs is 1. The van der Waals surface area contributed by atoms with E-state index in [9.17, 15) is 9.59 Å². The largest absolute Gasteiger partial charge is 0.462 e. The number of benzene rings is 2. The standard InChI is InChI=1S/C23H24O7/c1-23(2)29-19-18(28-21(25)16-11-7-4-8-12-16)17(27-22(19)30-23)13-14-26-20(24)15-9-5-3-6-10-15/h3-12,17-19,22H,13-14H2,1-2H3/t17-,18+,19-,22-/m1/s1. The van der Waals surface area contributed by atoms with Gasteiger partial charge in [0.05, 0.1) is 17.7 Å². The molecule has 0 unspecified atom stereocenters. The Kier molecular flexibility index (Phi) is 5.85. The molecule has 0 bridgehead atoms. The van der Waals surface area contributed by atoms with Crippen molar-refractivity contribution in [1.29, 1.82) is 0 Å². The fraction of sp³-hybridized carbons (Fsp3) is 0.391. The van der Waals surface area contributed by atoms with Crippen LogP contribution in [0, 0.1) is 0 Å². The predicted octanol–water partition coefficient (Wildman–Crippen LogP) is 3.34. The van der Waals surface area contributed by atoms with Gasteiger partial charge in [-0.3, -0.25) is 0 Å². The first kappa shape index (κ1) is 20.5. The Bertz CT molecular complexity index is 881. The number of rotatable bonds is 6. The molecule has 0 aromatic heterocycles. The molecule has 2 fully saturated rings. The number of ether oxygens (including phenoxy) is 5. The molecule has 2 saturated heterocycles. The summed E-state index contributed by atoms with van der Waals surface area (Å²) in [5, 5.41) is 0. The van der Waals surface area contributed by atoms with Crippen molar-refractivity contribution < 1.29 is 33.3 Å². The van der Waals surface area contributed by atoms with Crippen LogP contribution in [0.15, 0.2) is 60.7 Å². The van der Waals surface area contributed by atoms with Gasteiger partial charge in [0.25, 0.3) is 0 Å². The van der Waals surface area contributed by atoms with Gasteiger partial charge >= 0.3 is 11.9 Å². The molecule has 2 aliphatic heterocycles. The molecular weight excluding hydrogens is 388 g/mol. The van der Waals surface area contributed by atoms with E-state index in [-0.39, 0.29) is 6.61 Å². The molecule has 0 radical (unpaired) electrons. The SMILES string of the molecule is CC1(C)O[C@H]2O[C@H](CCOC(=O)c3ccccc3)[C@H](OC(=O)c3ccccc3)[C@H]2O1. The Morgan fingerprint density at radius 1 is 0.900 bits per heavy atom. The normalized spacial score (nSPS) is 26.7. The second-order valence-electron chi connectivity index (χ2n) is 7.67. The van der Waals surface area contributed by atoms with E-state index in [0.717, 1.165) is 0 Å². The van der Waals surface area contributed by atoms with Crippen molar-refractivity contribution in [1.82, 2.24) is 0 Å². The third-order valence-corrected chi connectivity index (χ3v) is 4.98. The molecular formula is C23H24O7. The van der Waals surface area contributed by atoms with Gasteiger partial charge in [-0.25, -0.2) is 9.59 Å². The fourth-order valence-electron chi connectivity index (χ4n) is 3.61. The number of hydrogen-bond donors (Lipinski definition) is 0. The fourth-order valence-corrected chi connectivity index (χ4v) is 3.61. The summed E-state index contributed by atoms with van der Waals surface area (Å²) >= 11 is 0. The van der Waals surface area contributed by atoms with Gasteiger partial charge < -0.3 is 23.7 Å². The topological polar surface area (TPSA) is 80.3 Å². The second-order valence-corrected chi connectivity index (χ2v) is 7.67. The number of hydrogen-bond acceptors (Lipinski definition) is 7. The monoisotopic (exact) mass is 412 g/mol. The van der Waals surface area contributed by atoms with E-state index in [2.05, 4.69) is 0 Å². The Hall–Kier alpha value is -2.74. The molecule has 0 saturated carbocycles. The molecule has 0 spiro atoms. The predicted molar refractivity (Wildman–Crippen MR) is 106 cm³/mol. The molecule has 0 amide bonds. The molecule has 4 rings (SSSR count). The van der Waals surface area contributed by atoms with Crippen LogP contribution in [0.4, 0.5) is 0 Å². The average Bonchev–Trinajstić information content (AvgIpc) is 3.21. The van der Waals surface area contributed by atoms with Gasteiger partial charge in [-0.05, 0) is 38.1 Å². The maximum atomic E-state index is 12.6. The van der Waals surface area contributed by atoms with E-state index in [1.807, 2.05) is 12.1 Å². The van der Waals surface area contributed by atoms with Crippen molar-refractivity contribution in [2.24, 2.45) is 0 Å². The van der Waals surface area contributed by atoms with Crippen LogP contribution in [-0.4, -0.2) is 48.9 Å². The molecule has 30 heavy (non-hydrogen) atoms. The van der Waals surface area contributed by atoms with Crippen molar-refractivity contribution in [3.05, 3.63) is 71.8 Å². The van der Waals surface area contributed by atoms with Crippen molar-refractivity contribution in [2.75, 3.05) is 6.61 Å². The van der Waals surface area contributed by atoms with Gasteiger partial charge in [0.1, 0.15) is 6.10 Å². The molecule has 0 aliphatic carbocycles. The lowest BCUT2D eigenvalue weighted by Gasteiger charge is -2.25. The summed E-state index contributed by atoms with van der Waals surface area (Å²) in [5.41, 5.74) is 0.913. The van der Waals surface area contributed by atoms with Crippen molar-refractivity contribution in [3.8, 4) is 0 Å². The molecule has 2 aliphatic rings. The van der Waals surface area contributed by atoms with E-state index in [0.29, 0.717) is 17.5 Å². The maximum Gasteiger partial charge on any atom is 0.338 e. The van der Waals surface area contributed by atoms with Gasteiger partial charge in [0.2, 0.25) is 0 Å².